The number of aliphatic hydroxyl groups is 2. The van der Waals surface area contributed by atoms with Crippen LogP contribution in [-0.4, -0.2) is 72.6 Å². The Morgan fingerprint density at radius 2 is 1.22 bits per heavy atom. The Morgan fingerprint density at radius 1 is 0.833 bits per heavy atom. The van der Waals surface area contributed by atoms with Gasteiger partial charge in [-0.05, 0) is 57.3 Å². The molecule has 0 aromatic rings. The van der Waals surface area contributed by atoms with Crippen molar-refractivity contribution in [2.24, 2.45) is 21.8 Å². The molecule has 8 nitrogen and oxygen atoms in total. The van der Waals surface area contributed by atoms with Gasteiger partial charge in [-0.3, -0.25) is 0 Å². The second kappa shape index (κ2) is 16.3. The van der Waals surface area contributed by atoms with Gasteiger partial charge in [-0.1, -0.05) is 48.6 Å². The van der Waals surface area contributed by atoms with E-state index in [4.69, 9.17) is 14.9 Å². The van der Waals surface area contributed by atoms with E-state index in [0.717, 1.165) is 45.5 Å². The van der Waals surface area contributed by atoms with Crippen LogP contribution >= 0.6 is 0 Å². The summed E-state index contributed by atoms with van der Waals surface area (Å²) in [6, 6.07) is 0. The van der Waals surface area contributed by atoms with E-state index >= 15 is 0 Å². The predicted octanol–water partition coefficient (Wildman–Crippen LogP) is 3.76. The highest BCUT2D eigenvalue weighted by Crippen LogP contribution is 2.37. The number of ether oxygens (including phenoxy) is 2. The first-order chi connectivity index (χ1) is 17.5. The second-order valence-electron chi connectivity index (χ2n) is 9.78. The van der Waals surface area contributed by atoms with Gasteiger partial charge in [0.05, 0.1) is 37.0 Å². The largest absolute Gasteiger partial charge is 0.396 e. The van der Waals surface area contributed by atoms with Crippen molar-refractivity contribution in [1.82, 2.24) is 0 Å². The maximum absolute atomic E-state index is 10.7. The van der Waals surface area contributed by atoms with Gasteiger partial charge in [0.2, 0.25) is 12.2 Å². The summed E-state index contributed by atoms with van der Waals surface area (Å²) in [5, 5.41) is 17.6. The van der Waals surface area contributed by atoms with Crippen LogP contribution < -0.4 is 0 Å². The van der Waals surface area contributed by atoms with E-state index < -0.39 is 11.1 Å². The lowest BCUT2D eigenvalue weighted by Gasteiger charge is -2.34. The zero-order chi connectivity index (χ0) is 26.1. The number of nitrogens with zero attached hydrogens (tertiary/aromatic N) is 2. The Balaban J connectivity index is 0.000000219. The number of aliphatic imine (C=N–C) groups is 2. The first-order valence-electron chi connectivity index (χ1n) is 12.8. The number of aliphatic hydroxyl groups excluding tert-OH is 2. The Hall–Kier alpha value is -2.44. The predicted molar refractivity (Wildman–Crippen MR) is 138 cm³/mol. The summed E-state index contributed by atoms with van der Waals surface area (Å²) < 4.78 is 9.21. The summed E-state index contributed by atoms with van der Waals surface area (Å²) in [7, 11) is 0. The third kappa shape index (κ3) is 12.0. The van der Waals surface area contributed by atoms with E-state index in [1.807, 2.05) is 48.6 Å². The molecule has 0 radical (unpaired) electrons. The Kier molecular flexibility index (Phi) is 13.5. The van der Waals surface area contributed by atoms with Crippen LogP contribution in [0, 0.1) is 11.8 Å². The average Bonchev–Trinajstić information content (AvgIpc) is 3.82. The van der Waals surface area contributed by atoms with E-state index in [2.05, 4.69) is 21.6 Å². The SMILES string of the molecule is C1CO1.CC1CO1.O=C=NC1(CC2(N=C=O)C=CC=CC2)C=CC=CC1.OCC1CCC(CO)CC1. The fourth-order valence-electron chi connectivity index (χ4n) is 4.22. The fourth-order valence-corrected chi connectivity index (χ4v) is 4.22. The van der Waals surface area contributed by atoms with Crippen molar-refractivity contribution >= 4 is 12.2 Å². The van der Waals surface area contributed by atoms with E-state index in [1.165, 1.54) is 0 Å². The normalized spacial score (nSPS) is 32.6. The average molecular weight is 501 g/mol. The molecule has 3 unspecified atom stereocenters. The van der Waals surface area contributed by atoms with Crippen molar-refractivity contribution in [2.75, 3.05) is 33.0 Å². The third-order valence-corrected chi connectivity index (χ3v) is 6.59. The molecular formula is C28H40N2O6. The van der Waals surface area contributed by atoms with Crippen LogP contribution in [0.25, 0.3) is 0 Å². The molecule has 5 aliphatic rings. The maximum Gasteiger partial charge on any atom is 0.235 e. The number of isocyanates is 2. The molecule has 0 spiro atoms. The van der Waals surface area contributed by atoms with Crippen molar-refractivity contribution in [3.63, 3.8) is 0 Å². The first kappa shape index (κ1) is 29.8. The van der Waals surface area contributed by atoms with Crippen molar-refractivity contribution < 1.29 is 29.3 Å². The molecule has 2 N–H and O–H groups in total. The zero-order valence-electron chi connectivity index (χ0n) is 21.3. The highest BCUT2D eigenvalue weighted by atomic mass is 16.6. The molecule has 8 heteroatoms. The summed E-state index contributed by atoms with van der Waals surface area (Å²) in [5.74, 6) is 1.03. The zero-order valence-corrected chi connectivity index (χ0v) is 21.3. The summed E-state index contributed by atoms with van der Waals surface area (Å²) >= 11 is 0. The molecule has 2 saturated heterocycles. The molecule has 0 aromatic carbocycles. The highest BCUT2D eigenvalue weighted by molar-refractivity contribution is 5.42. The summed E-state index contributed by atoms with van der Waals surface area (Å²) in [6.45, 7) is 5.70. The smallest absolute Gasteiger partial charge is 0.235 e. The Morgan fingerprint density at radius 3 is 1.44 bits per heavy atom. The van der Waals surface area contributed by atoms with Crippen molar-refractivity contribution in [2.45, 2.75) is 69.1 Å². The molecule has 198 valence electrons. The first-order valence-corrected chi connectivity index (χ1v) is 12.8. The monoisotopic (exact) mass is 500 g/mol. The topological polar surface area (TPSA) is 124 Å². The van der Waals surface area contributed by atoms with E-state index in [0.29, 0.717) is 50.4 Å². The van der Waals surface area contributed by atoms with E-state index in [9.17, 15) is 9.59 Å². The fraction of sp³-hybridized carbons (Fsp3) is 0.643. The van der Waals surface area contributed by atoms with Gasteiger partial charge >= 0.3 is 0 Å². The molecular weight excluding hydrogens is 460 g/mol. The Labute approximate surface area is 214 Å². The molecule has 1 saturated carbocycles. The van der Waals surface area contributed by atoms with Crippen molar-refractivity contribution in [1.29, 1.82) is 0 Å². The van der Waals surface area contributed by atoms with Crippen LogP contribution in [0.3, 0.4) is 0 Å². The number of rotatable bonds is 6. The highest BCUT2D eigenvalue weighted by Gasteiger charge is 2.38. The third-order valence-electron chi connectivity index (χ3n) is 6.59. The molecule has 0 amide bonds. The Bertz CT molecular complexity index is 793. The van der Waals surface area contributed by atoms with Gasteiger partial charge in [0.25, 0.3) is 0 Å². The van der Waals surface area contributed by atoms with Crippen LogP contribution in [0.5, 0.6) is 0 Å². The van der Waals surface area contributed by atoms with Crippen LogP contribution in [0.15, 0.2) is 58.6 Å². The van der Waals surface area contributed by atoms with Gasteiger partial charge in [0.1, 0.15) is 0 Å². The number of carbonyl (C=O) groups excluding carboxylic acids is 2. The summed E-state index contributed by atoms with van der Waals surface area (Å²) in [5.41, 5.74) is -1.35. The van der Waals surface area contributed by atoms with Crippen LogP contribution in [-0.2, 0) is 19.1 Å². The molecule has 2 heterocycles. The number of epoxide rings is 2. The van der Waals surface area contributed by atoms with Crippen molar-refractivity contribution in [3.8, 4) is 0 Å². The standard InChI is InChI=1S/C15H14N2O2.C8H16O2.C3H6O.C2H4O/c18-12-16-14(7-3-1-4-8-14)11-15(17-13-19)9-5-2-6-10-15;9-5-7-1-2-8(6-10)4-3-7;1-3-2-4-3;1-2-3-1/h1-7,9H,8,10-11H2;7-10H,1-6H2;3H,2H2,1H3;1-2H2. The van der Waals surface area contributed by atoms with E-state index in [1.54, 1.807) is 12.2 Å². The summed E-state index contributed by atoms with van der Waals surface area (Å²) in [4.78, 5) is 29.3. The molecule has 3 atom stereocenters. The van der Waals surface area contributed by atoms with Gasteiger partial charge in [0, 0.05) is 19.6 Å². The lowest BCUT2D eigenvalue weighted by atomic mass is 9.76. The van der Waals surface area contributed by atoms with Gasteiger partial charge in [-0.25, -0.2) is 9.59 Å². The van der Waals surface area contributed by atoms with Gasteiger partial charge in [-0.2, -0.15) is 9.98 Å². The molecule has 3 fully saturated rings. The van der Waals surface area contributed by atoms with Gasteiger partial charge in [-0.15, -0.1) is 0 Å². The maximum atomic E-state index is 10.7. The quantitative estimate of drug-likeness (QED) is 0.325. The molecule has 5 rings (SSSR count). The minimum absolute atomic E-state index is 0.331. The molecule has 0 bridgehead atoms. The molecule has 36 heavy (non-hydrogen) atoms. The lowest BCUT2D eigenvalue weighted by Crippen LogP contribution is -2.37. The minimum atomic E-state index is -0.674. The number of hydrogen-bond acceptors (Lipinski definition) is 8. The lowest BCUT2D eigenvalue weighted by molar-refractivity contribution is 0.131. The van der Waals surface area contributed by atoms with Crippen molar-refractivity contribution in [3.05, 3.63) is 48.6 Å². The van der Waals surface area contributed by atoms with Gasteiger partial charge in [0.15, 0.2) is 0 Å². The number of allylic oxidation sites excluding steroid dienone is 4. The minimum Gasteiger partial charge on any atom is -0.396 e. The molecule has 0 aromatic heterocycles. The van der Waals surface area contributed by atoms with Crippen LogP contribution in [0.2, 0.25) is 0 Å². The van der Waals surface area contributed by atoms with E-state index in [-0.39, 0.29) is 0 Å². The second-order valence-corrected chi connectivity index (χ2v) is 9.78. The molecule has 3 aliphatic carbocycles. The number of hydrogen-bond donors (Lipinski definition) is 2. The summed E-state index contributed by atoms with van der Waals surface area (Å²) in [6.07, 6.45) is 25.1. The van der Waals surface area contributed by atoms with Crippen LogP contribution in [0.4, 0.5) is 0 Å². The molecule has 2 aliphatic heterocycles. The van der Waals surface area contributed by atoms with Crippen LogP contribution in [0.1, 0.15) is 51.9 Å². The van der Waals surface area contributed by atoms with Gasteiger partial charge < -0.3 is 19.7 Å².